The Hall–Kier alpha value is -0.580. The van der Waals surface area contributed by atoms with Gasteiger partial charge in [-0.3, -0.25) is 0 Å². The molecule has 0 spiro atoms. The molecule has 0 bridgehead atoms. The number of phenols is 1. The van der Waals surface area contributed by atoms with Crippen molar-refractivity contribution in [2.75, 3.05) is 13.2 Å². The van der Waals surface area contributed by atoms with Gasteiger partial charge in [-0.15, -0.1) is 0 Å². The molecule has 0 unspecified atom stereocenters. The highest BCUT2D eigenvalue weighted by Crippen LogP contribution is 2.34. The smallest absolute Gasteiger partial charge is 0.120 e. The lowest BCUT2D eigenvalue weighted by Gasteiger charge is -2.28. The Morgan fingerprint density at radius 3 is 2.75 bits per heavy atom. The maximum atomic E-state index is 9.80. The standard InChI is InChI=1S/C12H16BrNO2/c13-9-1-2-11(15)10(7-9)12(14)8-3-5-16-6-4-8/h1-2,7-8,12,15H,3-6,14H2/t12-/m1/s1. The molecule has 1 heterocycles. The zero-order chi connectivity index (χ0) is 11.5. The van der Waals surface area contributed by atoms with E-state index in [9.17, 15) is 5.11 Å². The third-order valence-electron chi connectivity index (χ3n) is 3.12. The molecule has 1 fully saturated rings. The van der Waals surface area contributed by atoms with Gasteiger partial charge in [-0.1, -0.05) is 15.9 Å². The largest absolute Gasteiger partial charge is 0.508 e. The summed E-state index contributed by atoms with van der Waals surface area (Å²) in [6, 6.07) is 5.28. The van der Waals surface area contributed by atoms with Crippen molar-refractivity contribution in [2.45, 2.75) is 18.9 Å². The van der Waals surface area contributed by atoms with Gasteiger partial charge in [-0.2, -0.15) is 0 Å². The van der Waals surface area contributed by atoms with Crippen LogP contribution in [0.2, 0.25) is 0 Å². The van der Waals surface area contributed by atoms with Crippen LogP contribution < -0.4 is 5.73 Å². The number of phenolic OH excluding ortho intramolecular Hbond substituents is 1. The average molecular weight is 286 g/mol. The van der Waals surface area contributed by atoms with Crippen LogP contribution in [0.25, 0.3) is 0 Å². The van der Waals surface area contributed by atoms with E-state index in [0.717, 1.165) is 36.1 Å². The number of benzene rings is 1. The summed E-state index contributed by atoms with van der Waals surface area (Å²) in [5.74, 6) is 0.677. The van der Waals surface area contributed by atoms with Gasteiger partial charge in [-0.25, -0.2) is 0 Å². The van der Waals surface area contributed by atoms with Gasteiger partial charge in [0.25, 0.3) is 0 Å². The van der Waals surface area contributed by atoms with Crippen LogP contribution >= 0.6 is 15.9 Å². The lowest BCUT2D eigenvalue weighted by atomic mass is 9.87. The molecule has 1 aliphatic heterocycles. The van der Waals surface area contributed by atoms with E-state index < -0.39 is 0 Å². The zero-order valence-electron chi connectivity index (χ0n) is 9.03. The third kappa shape index (κ3) is 2.56. The maximum absolute atomic E-state index is 9.80. The normalized spacial score (nSPS) is 19.6. The third-order valence-corrected chi connectivity index (χ3v) is 3.62. The minimum absolute atomic E-state index is 0.110. The van der Waals surface area contributed by atoms with Crippen LogP contribution in [0.1, 0.15) is 24.4 Å². The number of hydrogen-bond acceptors (Lipinski definition) is 3. The lowest BCUT2D eigenvalue weighted by molar-refractivity contribution is 0.0581. The second kappa shape index (κ2) is 5.17. The van der Waals surface area contributed by atoms with Crippen molar-refractivity contribution in [1.29, 1.82) is 0 Å². The highest BCUT2D eigenvalue weighted by molar-refractivity contribution is 9.10. The van der Waals surface area contributed by atoms with Gasteiger partial charge < -0.3 is 15.6 Å². The Kier molecular flexibility index (Phi) is 3.84. The number of rotatable bonds is 2. The summed E-state index contributed by atoms with van der Waals surface area (Å²) in [6.45, 7) is 1.54. The number of aromatic hydroxyl groups is 1. The van der Waals surface area contributed by atoms with Crippen LogP contribution in [0.3, 0.4) is 0 Å². The molecule has 0 amide bonds. The molecular formula is C12H16BrNO2. The van der Waals surface area contributed by atoms with Gasteiger partial charge in [0.05, 0.1) is 0 Å². The van der Waals surface area contributed by atoms with Crippen LogP contribution in [-0.4, -0.2) is 18.3 Å². The first-order valence-corrected chi connectivity index (χ1v) is 6.29. The predicted octanol–water partition coefficient (Wildman–Crippen LogP) is 2.58. The average Bonchev–Trinajstić information content (AvgIpc) is 2.32. The molecule has 16 heavy (non-hydrogen) atoms. The summed E-state index contributed by atoms with van der Waals surface area (Å²) in [5.41, 5.74) is 7.02. The molecule has 2 rings (SSSR count). The number of nitrogens with two attached hydrogens (primary N) is 1. The molecule has 1 aliphatic rings. The van der Waals surface area contributed by atoms with E-state index in [-0.39, 0.29) is 11.8 Å². The predicted molar refractivity (Wildman–Crippen MR) is 66.3 cm³/mol. The second-order valence-electron chi connectivity index (χ2n) is 4.18. The van der Waals surface area contributed by atoms with Crippen LogP contribution in [0.5, 0.6) is 5.75 Å². The first-order chi connectivity index (χ1) is 7.68. The summed E-state index contributed by atoms with van der Waals surface area (Å²) in [6.07, 6.45) is 1.93. The molecule has 1 aromatic rings. The first-order valence-electron chi connectivity index (χ1n) is 5.50. The van der Waals surface area contributed by atoms with Crippen molar-refractivity contribution in [3.63, 3.8) is 0 Å². The van der Waals surface area contributed by atoms with Crippen LogP contribution in [-0.2, 0) is 4.74 Å². The summed E-state index contributed by atoms with van der Waals surface area (Å²) >= 11 is 3.40. The van der Waals surface area contributed by atoms with Crippen LogP contribution in [0.15, 0.2) is 22.7 Å². The van der Waals surface area contributed by atoms with E-state index in [0.29, 0.717) is 5.92 Å². The monoisotopic (exact) mass is 285 g/mol. The summed E-state index contributed by atoms with van der Waals surface area (Å²) < 4.78 is 6.26. The second-order valence-corrected chi connectivity index (χ2v) is 5.09. The van der Waals surface area contributed by atoms with Crippen molar-refractivity contribution >= 4 is 15.9 Å². The van der Waals surface area contributed by atoms with Crippen molar-refractivity contribution < 1.29 is 9.84 Å². The van der Waals surface area contributed by atoms with E-state index >= 15 is 0 Å². The highest BCUT2D eigenvalue weighted by atomic mass is 79.9. The van der Waals surface area contributed by atoms with E-state index in [1.165, 1.54) is 0 Å². The molecule has 0 saturated carbocycles. The topological polar surface area (TPSA) is 55.5 Å². The molecule has 4 heteroatoms. The fourth-order valence-corrected chi connectivity index (χ4v) is 2.50. The molecule has 1 aromatic carbocycles. The van der Waals surface area contributed by atoms with Crippen molar-refractivity contribution in [3.05, 3.63) is 28.2 Å². The number of hydrogen-bond donors (Lipinski definition) is 2. The summed E-state index contributed by atoms with van der Waals surface area (Å²) in [7, 11) is 0. The highest BCUT2D eigenvalue weighted by Gasteiger charge is 2.24. The maximum Gasteiger partial charge on any atom is 0.120 e. The lowest BCUT2D eigenvalue weighted by Crippen LogP contribution is -2.27. The molecular weight excluding hydrogens is 270 g/mol. The Labute approximate surface area is 104 Å². The van der Waals surface area contributed by atoms with Gasteiger partial charge in [0.1, 0.15) is 5.75 Å². The molecule has 0 aliphatic carbocycles. The van der Waals surface area contributed by atoms with E-state index in [1.807, 2.05) is 12.1 Å². The van der Waals surface area contributed by atoms with Gasteiger partial charge in [0.2, 0.25) is 0 Å². The quantitative estimate of drug-likeness (QED) is 0.878. The zero-order valence-corrected chi connectivity index (χ0v) is 10.6. The van der Waals surface area contributed by atoms with Gasteiger partial charge >= 0.3 is 0 Å². The molecule has 3 nitrogen and oxygen atoms in total. The van der Waals surface area contributed by atoms with E-state index in [4.69, 9.17) is 10.5 Å². The Bertz CT molecular complexity index is 364. The van der Waals surface area contributed by atoms with Crippen molar-refractivity contribution in [3.8, 4) is 5.75 Å². The fourth-order valence-electron chi connectivity index (χ4n) is 2.12. The molecule has 3 N–H and O–H groups in total. The summed E-state index contributed by atoms with van der Waals surface area (Å²) in [5, 5.41) is 9.80. The molecule has 88 valence electrons. The molecule has 0 aromatic heterocycles. The minimum atomic E-state index is -0.110. The number of halogens is 1. The van der Waals surface area contributed by atoms with Crippen LogP contribution in [0.4, 0.5) is 0 Å². The Morgan fingerprint density at radius 2 is 2.06 bits per heavy atom. The first kappa shape index (κ1) is 11.9. The SMILES string of the molecule is N[C@@H](c1cc(Br)ccc1O)C1CCOCC1. The summed E-state index contributed by atoms with van der Waals surface area (Å²) in [4.78, 5) is 0. The van der Waals surface area contributed by atoms with Crippen molar-refractivity contribution in [1.82, 2.24) is 0 Å². The Morgan fingerprint density at radius 1 is 1.38 bits per heavy atom. The van der Waals surface area contributed by atoms with E-state index in [2.05, 4.69) is 15.9 Å². The minimum Gasteiger partial charge on any atom is -0.508 e. The van der Waals surface area contributed by atoms with Crippen LogP contribution in [0, 0.1) is 5.92 Å². The van der Waals surface area contributed by atoms with E-state index in [1.54, 1.807) is 6.07 Å². The number of ether oxygens (including phenoxy) is 1. The van der Waals surface area contributed by atoms with Gasteiger partial charge in [-0.05, 0) is 37.0 Å². The Balaban J connectivity index is 2.18. The van der Waals surface area contributed by atoms with Gasteiger partial charge in [0, 0.05) is 29.3 Å². The fraction of sp³-hybridized carbons (Fsp3) is 0.500. The molecule has 1 saturated heterocycles. The van der Waals surface area contributed by atoms with Gasteiger partial charge in [0.15, 0.2) is 0 Å². The molecule has 1 atom stereocenters. The molecule has 0 radical (unpaired) electrons. The van der Waals surface area contributed by atoms with Crippen molar-refractivity contribution in [2.24, 2.45) is 11.7 Å².